The summed E-state index contributed by atoms with van der Waals surface area (Å²) in [5.41, 5.74) is 1.14. The number of ether oxygens (including phenoxy) is 2. The van der Waals surface area contributed by atoms with Gasteiger partial charge in [0.1, 0.15) is 5.82 Å². The average molecular weight is 523 g/mol. The molecule has 0 aliphatic carbocycles. The number of benzene rings is 2. The zero-order chi connectivity index (χ0) is 21.0. The van der Waals surface area contributed by atoms with Gasteiger partial charge in [-0.3, -0.25) is 4.79 Å². The van der Waals surface area contributed by atoms with E-state index in [1.54, 1.807) is 19.4 Å². The Labute approximate surface area is 185 Å². The Hall–Kier alpha value is -2.19. The summed E-state index contributed by atoms with van der Waals surface area (Å²) in [5, 5.41) is 4.99. The number of nitrogens with zero attached hydrogens (tertiary/aromatic N) is 3. The number of aromatic nitrogens is 2. The molecule has 8 heteroatoms. The van der Waals surface area contributed by atoms with Crippen molar-refractivity contribution < 1.29 is 9.47 Å². The van der Waals surface area contributed by atoms with Crippen LogP contribution >= 0.6 is 31.9 Å². The van der Waals surface area contributed by atoms with E-state index in [1.807, 2.05) is 38.1 Å². The topological polar surface area (TPSA) is 65.7 Å². The first-order chi connectivity index (χ1) is 14.0. The summed E-state index contributed by atoms with van der Waals surface area (Å²) in [7, 11) is 1.58. The highest BCUT2D eigenvalue weighted by Crippen LogP contribution is 2.34. The molecule has 29 heavy (non-hydrogen) atoms. The molecule has 0 fully saturated rings. The average Bonchev–Trinajstić information content (AvgIpc) is 2.70. The van der Waals surface area contributed by atoms with E-state index in [0.29, 0.717) is 46.8 Å². The molecule has 6 nitrogen and oxygen atoms in total. The van der Waals surface area contributed by atoms with Crippen molar-refractivity contribution in [2.75, 3.05) is 13.7 Å². The van der Waals surface area contributed by atoms with Crippen LogP contribution in [0, 0.1) is 0 Å². The van der Waals surface area contributed by atoms with Crippen molar-refractivity contribution in [3.8, 4) is 11.5 Å². The number of hydrogen-bond donors (Lipinski definition) is 0. The molecule has 0 N–H and O–H groups in total. The van der Waals surface area contributed by atoms with Crippen LogP contribution in [-0.2, 0) is 6.42 Å². The maximum Gasteiger partial charge on any atom is 0.282 e. The molecule has 0 atom stereocenters. The zero-order valence-electron chi connectivity index (χ0n) is 16.4. The van der Waals surface area contributed by atoms with Gasteiger partial charge in [-0.2, -0.15) is 9.78 Å². The van der Waals surface area contributed by atoms with Crippen LogP contribution in [0.2, 0.25) is 0 Å². The lowest BCUT2D eigenvalue weighted by Crippen LogP contribution is -2.22. The minimum Gasteiger partial charge on any atom is -0.493 e. The quantitative estimate of drug-likeness (QED) is 0.402. The number of aryl methyl sites for hydroxylation is 1. The first-order valence-corrected chi connectivity index (χ1v) is 10.8. The number of rotatable bonds is 7. The Morgan fingerprint density at radius 3 is 2.66 bits per heavy atom. The third-order valence-electron chi connectivity index (χ3n) is 4.22. The second-order valence-electron chi connectivity index (χ2n) is 6.26. The van der Waals surface area contributed by atoms with E-state index >= 15 is 0 Å². The number of halogens is 2. The predicted molar refractivity (Wildman–Crippen MR) is 123 cm³/mol. The van der Waals surface area contributed by atoms with Crippen LogP contribution < -0.4 is 15.0 Å². The molecule has 0 saturated heterocycles. The second kappa shape index (κ2) is 9.54. The molecule has 3 aromatic rings. The third-order valence-corrected chi connectivity index (χ3v) is 5.17. The molecule has 0 aliphatic heterocycles. The molecule has 0 amide bonds. The lowest BCUT2D eigenvalue weighted by atomic mass is 10.2. The summed E-state index contributed by atoms with van der Waals surface area (Å²) >= 11 is 6.89. The smallest absolute Gasteiger partial charge is 0.282 e. The van der Waals surface area contributed by atoms with Crippen molar-refractivity contribution in [3.63, 3.8) is 0 Å². The van der Waals surface area contributed by atoms with E-state index < -0.39 is 0 Å². The van der Waals surface area contributed by atoms with Gasteiger partial charge in [0.15, 0.2) is 11.5 Å². The standard InChI is InChI=1S/C21H21Br2N3O3/c1-4-6-19-25-17-8-7-14(22)10-16(17)21(27)26(19)24-12-13-9-15(23)11-18(28-3)20(13)29-5-2/h7-12H,4-6H2,1-3H3. The normalized spacial score (nSPS) is 11.3. The largest absolute Gasteiger partial charge is 0.493 e. The molecule has 2 aromatic carbocycles. The molecule has 3 rings (SSSR count). The molecule has 0 bridgehead atoms. The van der Waals surface area contributed by atoms with Gasteiger partial charge >= 0.3 is 0 Å². The maximum atomic E-state index is 13.1. The molecule has 0 spiro atoms. The molecule has 0 aliphatic rings. The molecule has 1 aromatic heterocycles. The highest BCUT2D eigenvalue weighted by molar-refractivity contribution is 9.10. The highest BCUT2D eigenvalue weighted by atomic mass is 79.9. The monoisotopic (exact) mass is 521 g/mol. The van der Waals surface area contributed by atoms with Gasteiger partial charge in [-0.15, -0.1) is 0 Å². The summed E-state index contributed by atoms with van der Waals surface area (Å²) in [4.78, 5) is 17.8. The van der Waals surface area contributed by atoms with Gasteiger partial charge in [-0.25, -0.2) is 4.98 Å². The summed E-state index contributed by atoms with van der Waals surface area (Å²) in [6, 6.07) is 9.17. The minimum absolute atomic E-state index is 0.212. The second-order valence-corrected chi connectivity index (χ2v) is 8.09. The summed E-state index contributed by atoms with van der Waals surface area (Å²) in [6.07, 6.45) is 3.09. The van der Waals surface area contributed by atoms with Gasteiger partial charge in [0.2, 0.25) is 0 Å². The number of methoxy groups -OCH3 is 1. The van der Waals surface area contributed by atoms with Crippen molar-refractivity contribution in [2.45, 2.75) is 26.7 Å². The summed E-state index contributed by atoms with van der Waals surface area (Å²) < 4.78 is 14.2. The maximum absolute atomic E-state index is 13.1. The Morgan fingerprint density at radius 2 is 1.97 bits per heavy atom. The van der Waals surface area contributed by atoms with Gasteiger partial charge in [0, 0.05) is 20.9 Å². The van der Waals surface area contributed by atoms with Gasteiger partial charge in [-0.1, -0.05) is 38.8 Å². The Morgan fingerprint density at radius 1 is 1.17 bits per heavy atom. The Bertz CT molecular complexity index is 1130. The fourth-order valence-corrected chi connectivity index (χ4v) is 3.77. The van der Waals surface area contributed by atoms with E-state index in [9.17, 15) is 4.79 Å². The predicted octanol–water partition coefficient (Wildman–Crippen LogP) is 5.16. The minimum atomic E-state index is -0.212. The van der Waals surface area contributed by atoms with Gasteiger partial charge < -0.3 is 9.47 Å². The molecule has 0 unspecified atom stereocenters. The summed E-state index contributed by atoms with van der Waals surface area (Å²) in [5.74, 6) is 1.77. The van der Waals surface area contributed by atoms with Crippen molar-refractivity contribution in [1.82, 2.24) is 9.66 Å². The van der Waals surface area contributed by atoms with Gasteiger partial charge in [0.25, 0.3) is 5.56 Å². The molecular formula is C21H21Br2N3O3. The van der Waals surface area contributed by atoms with Crippen molar-refractivity contribution in [2.24, 2.45) is 5.10 Å². The van der Waals surface area contributed by atoms with E-state index in [1.165, 1.54) is 4.68 Å². The van der Waals surface area contributed by atoms with E-state index in [4.69, 9.17) is 9.47 Å². The van der Waals surface area contributed by atoms with E-state index in [0.717, 1.165) is 15.4 Å². The van der Waals surface area contributed by atoms with Gasteiger partial charge in [0.05, 0.1) is 30.8 Å². The molecule has 0 saturated carbocycles. The van der Waals surface area contributed by atoms with Crippen LogP contribution in [0.4, 0.5) is 0 Å². The number of fused-ring (bicyclic) bond motifs is 1. The highest BCUT2D eigenvalue weighted by Gasteiger charge is 2.13. The fourth-order valence-electron chi connectivity index (χ4n) is 2.95. The Balaban J connectivity index is 2.18. The molecule has 152 valence electrons. The summed E-state index contributed by atoms with van der Waals surface area (Å²) in [6.45, 7) is 4.42. The van der Waals surface area contributed by atoms with E-state index in [-0.39, 0.29) is 5.56 Å². The molecule has 1 heterocycles. The van der Waals surface area contributed by atoms with Crippen LogP contribution in [0.1, 0.15) is 31.7 Å². The molecule has 0 radical (unpaired) electrons. The fraction of sp³-hybridized carbons (Fsp3) is 0.286. The third kappa shape index (κ3) is 4.70. The molecular weight excluding hydrogens is 502 g/mol. The van der Waals surface area contributed by atoms with Crippen LogP contribution in [0.25, 0.3) is 10.9 Å². The van der Waals surface area contributed by atoms with Crippen LogP contribution in [0.15, 0.2) is 49.2 Å². The first-order valence-electron chi connectivity index (χ1n) is 9.24. The lowest BCUT2D eigenvalue weighted by molar-refractivity contribution is 0.310. The SMILES string of the molecule is CCCc1nc2ccc(Br)cc2c(=O)n1N=Cc1cc(Br)cc(OC)c1OCC. The van der Waals surface area contributed by atoms with Crippen molar-refractivity contribution >= 4 is 49.0 Å². The van der Waals surface area contributed by atoms with Crippen LogP contribution in [0.5, 0.6) is 11.5 Å². The van der Waals surface area contributed by atoms with E-state index in [2.05, 4.69) is 41.9 Å². The van der Waals surface area contributed by atoms with Crippen LogP contribution in [0.3, 0.4) is 0 Å². The van der Waals surface area contributed by atoms with Crippen molar-refractivity contribution in [1.29, 1.82) is 0 Å². The zero-order valence-corrected chi connectivity index (χ0v) is 19.6. The van der Waals surface area contributed by atoms with Crippen molar-refractivity contribution in [3.05, 3.63) is 61.0 Å². The van der Waals surface area contributed by atoms with Crippen LogP contribution in [-0.4, -0.2) is 29.6 Å². The van der Waals surface area contributed by atoms with Gasteiger partial charge in [-0.05, 0) is 43.7 Å². The first kappa shape index (κ1) is 21.5. The number of hydrogen-bond acceptors (Lipinski definition) is 5. The Kier molecular flexibility index (Phi) is 7.08. The lowest BCUT2D eigenvalue weighted by Gasteiger charge is -2.13.